The first-order chi connectivity index (χ1) is 6.00. The van der Waals surface area contributed by atoms with Crippen molar-refractivity contribution in [1.82, 2.24) is 5.32 Å². The number of ether oxygens (including phenoxy) is 1. The molecule has 1 saturated heterocycles. The summed E-state index contributed by atoms with van der Waals surface area (Å²) in [5, 5.41) is 3.42. The smallest absolute Gasteiger partial charge is 0.0557 e. The monoisotopic (exact) mass is 207 g/mol. The zero-order valence-corrected chi connectivity index (χ0v) is 9.01. The largest absolute Gasteiger partial charge is 0.380 e. The lowest BCUT2D eigenvalue weighted by atomic mass is 10.7. The zero-order valence-electron chi connectivity index (χ0n) is 7.38. The first kappa shape index (κ1) is 10.7. The van der Waals surface area contributed by atoms with Crippen LogP contribution in [0.2, 0.25) is 0 Å². The summed E-state index contributed by atoms with van der Waals surface area (Å²) in [5.74, 6) is 4.72. The van der Waals surface area contributed by atoms with Gasteiger partial charge in [-0.2, -0.15) is 23.5 Å². The maximum Gasteiger partial charge on any atom is 0.0557 e. The van der Waals surface area contributed by atoms with E-state index in [1.54, 1.807) is 0 Å². The van der Waals surface area contributed by atoms with Crippen LogP contribution in [0.15, 0.2) is 0 Å². The third kappa shape index (κ3) is 6.17. The Kier molecular flexibility index (Phi) is 7.34. The molecule has 1 N–H and O–H groups in total. The van der Waals surface area contributed by atoms with E-state index in [1.807, 2.05) is 23.5 Å². The molecule has 0 aromatic rings. The van der Waals surface area contributed by atoms with Crippen LogP contribution in [0.1, 0.15) is 0 Å². The molecule has 0 saturated carbocycles. The highest BCUT2D eigenvalue weighted by Crippen LogP contribution is 2.02. The Morgan fingerprint density at radius 2 is 1.42 bits per heavy atom. The van der Waals surface area contributed by atoms with Gasteiger partial charge in [-0.25, -0.2) is 0 Å². The Morgan fingerprint density at radius 1 is 0.833 bits per heavy atom. The molecular weight excluding hydrogens is 190 g/mol. The molecule has 0 radical (unpaired) electrons. The van der Waals surface area contributed by atoms with Crippen LogP contribution in [0.4, 0.5) is 0 Å². The lowest BCUT2D eigenvalue weighted by molar-refractivity contribution is 0.167. The highest BCUT2D eigenvalue weighted by molar-refractivity contribution is 7.99. The quantitative estimate of drug-likeness (QED) is 0.641. The average molecular weight is 207 g/mol. The van der Waals surface area contributed by atoms with E-state index in [2.05, 4.69) is 5.32 Å². The Hall–Kier alpha value is 0.620. The zero-order chi connectivity index (χ0) is 8.49. The van der Waals surface area contributed by atoms with Crippen LogP contribution in [-0.2, 0) is 4.74 Å². The fourth-order valence-corrected chi connectivity index (χ4v) is 2.41. The van der Waals surface area contributed by atoms with E-state index in [1.165, 1.54) is 11.5 Å². The van der Waals surface area contributed by atoms with Crippen molar-refractivity contribution in [3.05, 3.63) is 0 Å². The van der Waals surface area contributed by atoms with Crippen LogP contribution in [0.25, 0.3) is 0 Å². The molecule has 2 nitrogen and oxygen atoms in total. The summed E-state index contributed by atoms with van der Waals surface area (Å²) in [7, 11) is 0. The molecule has 0 aromatic carbocycles. The molecule has 1 aliphatic rings. The summed E-state index contributed by atoms with van der Waals surface area (Å²) in [4.78, 5) is 0. The Labute approximate surface area is 83.2 Å². The van der Waals surface area contributed by atoms with Crippen LogP contribution < -0.4 is 5.32 Å². The van der Waals surface area contributed by atoms with Crippen molar-refractivity contribution in [2.24, 2.45) is 0 Å². The molecule has 0 atom stereocenters. The van der Waals surface area contributed by atoms with Crippen molar-refractivity contribution < 1.29 is 4.74 Å². The van der Waals surface area contributed by atoms with E-state index in [0.717, 1.165) is 37.8 Å². The standard InChI is InChI=1S/C8H17NOS2/c1-5-11-7-3-10-4-8-12-6-2-9-1/h9H,1-8H2. The minimum absolute atomic E-state index is 0.922. The van der Waals surface area contributed by atoms with Crippen LogP contribution in [0.5, 0.6) is 0 Å². The van der Waals surface area contributed by atoms with Gasteiger partial charge in [0.1, 0.15) is 0 Å². The van der Waals surface area contributed by atoms with E-state index in [9.17, 15) is 0 Å². The van der Waals surface area contributed by atoms with Crippen LogP contribution >= 0.6 is 23.5 Å². The first-order valence-corrected chi connectivity index (χ1v) is 6.75. The summed E-state index contributed by atoms with van der Waals surface area (Å²) in [5.41, 5.74) is 0. The Balaban J connectivity index is 2.00. The second kappa shape index (κ2) is 8.23. The van der Waals surface area contributed by atoms with E-state index in [-0.39, 0.29) is 0 Å². The lowest BCUT2D eigenvalue weighted by Gasteiger charge is -2.08. The Morgan fingerprint density at radius 3 is 2.00 bits per heavy atom. The molecule has 1 aliphatic heterocycles. The van der Waals surface area contributed by atoms with Crippen molar-refractivity contribution in [1.29, 1.82) is 0 Å². The van der Waals surface area contributed by atoms with Gasteiger partial charge in [0.25, 0.3) is 0 Å². The van der Waals surface area contributed by atoms with E-state index in [4.69, 9.17) is 4.74 Å². The third-order valence-corrected chi connectivity index (χ3v) is 3.49. The molecule has 1 fully saturated rings. The van der Waals surface area contributed by atoms with Gasteiger partial charge in [-0.05, 0) is 0 Å². The molecule has 0 aromatic heterocycles. The SMILES string of the molecule is C1CSCCOCCSCCN1. The van der Waals surface area contributed by atoms with Gasteiger partial charge in [-0.15, -0.1) is 0 Å². The van der Waals surface area contributed by atoms with Gasteiger partial charge in [0.2, 0.25) is 0 Å². The second-order valence-corrected chi connectivity index (χ2v) is 5.04. The normalized spacial score (nSPS) is 24.0. The number of thioether (sulfide) groups is 2. The van der Waals surface area contributed by atoms with Gasteiger partial charge in [-0.3, -0.25) is 0 Å². The molecule has 0 bridgehead atoms. The predicted molar refractivity (Wildman–Crippen MR) is 58.3 cm³/mol. The Bertz CT molecular complexity index is 60.0. The van der Waals surface area contributed by atoms with Gasteiger partial charge < -0.3 is 10.1 Å². The summed E-state index contributed by atoms with van der Waals surface area (Å²) >= 11 is 3.95. The van der Waals surface area contributed by atoms with Crippen molar-refractivity contribution >= 4 is 23.5 Å². The van der Waals surface area contributed by atoms with Crippen LogP contribution in [0, 0.1) is 0 Å². The van der Waals surface area contributed by atoms with Crippen LogP contribution in [-0.4, -0.2) is 49.3 Å². The molecule has 72 valence electrons. The van der Waals surface area contributed by atoms with Crippen molar-refractivity contribution in [3.63, 3.8) is 0 Å². The van der Waals surface area contributed by atoms with E-state index >= 15 is 0 Å². The minimum atomic E-state index is 0.922. The number of hydrogen-bond acceptors (Lipinski definition) is 4. The van der Waals surface area contributed by atoms with E-state index < -0.39 is 0 Å². The van der Waals surface area contributed by atoms with Crippen molar-refractivity contribution in [2.75, 3.05) is 49.3 Å². The molecule has 0 unspecified atom stereocenters. The number of hydrogen-bond donors (Lipinski definition) is 1. The van der Waals surface area contributed by atoms with Gasteiger partial charge >= 0.3 is 0 Å². The molecule has 0 aliphatic carbocycles. The maximum absolute atomic E-state index is 5.44. The summed E-state index contributed by atoms with van der Waals surface area (Å²) in [6, 6.07) is 0. The van der Waals surface area contributed by atoms with Gasteiger partial charge in [0, 0.05) is 36.1 Å². The maximum atomic E-state index is 5.44. The summed E-state index contributed by atoms with van der Waals surface area (Å²) < 4.78 is 5.44. The lowest BCUT2D eigenvalue weighted by Crippen LogP contribution is -2.21. The van der Waals surface area contributed by atoms with Crippen molar-refractivity contribution in [3.8, 4) is 0 Å². The number of rotatable bonds is 0. The van der Waals surface area contributed by atoms with Gasteiger partial charge in [0.05, 0.1) is 13.2 Å². The topological polar surface area (TPSA) is 21.3 Å². The molecule has 4 heteroatoms. The highest BCUT2D eigenvalue weighted by Gasteiger charge is 1.95. The fourth-order valence-electron chi connectivity index (χ4n) is 0.956. The number of nitrogens with one attached hydrogen (secondary N) is 1. The van der Waals surface area contributed by atoms with Gasteiger partial charge in [0.15, 0.2) is 0 Å². The molecule has 0 amide bonds. The fraction of sp³-hybridized carbons (Fsp3) is 1.00. The summed E-state index contributed by atoms with van der Waals surface area (Å²) in [6.07, 6.45) is 0. The molecule has 1 rings (SSSR count). The second-order valence-electron chi connectivity index (χ2n) is 2.59. The first-order valence-electron chi connectivity index (χ1n) is 4.44. The third-order valence-electron chi connectivity index (χ3n) is 1.59. The molecular formula is C8H17NOS2. The highest BCUT2D eigenvalue weighted by atomic mass is 32.2. The average Bonchev–Trinajstić information content (AvgIpc) is 2.05. The van der Waals surface area contributed by atoms with Gasteiger partial charge in [-0.1, -0.05) is 0 Å². The predicted octanol–water partition coefficient (Wildman–Crippen LogP) is 1.07. The van der Waals surface area contributed by atoms with E-state index in [0.29, 0.717) is 0 Å². The molecule has 0 spiro atoms. The minimum Gasteiger partial charge on any atom is -0.380 e. The summed E-state index contributed by atoms with van der Waals surface area (Å²) in [6.45, 7) is 4.13. The van der Waals surface area contributed by atoms with Crippen molar-refractivity contribution in [2.45, 2.75) is 0 Å². The van der Waals surface area contributed by atoms with Crippen LogP contribution in [0.3, 0.4) is 0 Å². The molecule has 12 heavy (non-hydrogen) atoms. The molecule has 1 heterocycles.